The van der Waals surface area contributed by atoms with Crippen molar-refractivity contribution in [2.45, 2.75) is 52.1 Å². The second-order valence-electron chi connectivity index (χ2n) is 5.61. The molecule has 0 spiro atoms. The SMILES string of the molecule is CCNC(C)(CC(C)N1CCC(C)C1)C(=O)O. The molecule has 0 aromatic rings. The summed E-state index contributed by atoms with van der Waals surface area (Å²) in [4.78, 5) is 13.8. The molecule has 0 aromatic heterocycles. The van der Waals surface area contributed by atoms with Crippen LogP contribution in [0.4, 0.5) is 0 Å². The topological polar surface area (TPSA) is 52.6 Å². The molecule has 2 N–H and O–H groups in total. The first-order valence-electron chi connectivity index (χ1n) is 6.61. The second-order valence-corrected chi connectivity index (χ2v) is 5.61. The van der Waals surface area contributed by atoms with Crippen LogP contribution in [0.15, 0.2) is 0 Å². The Balaban J connectivity index is 2.58. The van der Waals surface area contributed by atoms with Crippen LogP contribution in [0, 0.1) is 5.92 Å². The van der Waals surface area contributed by atoms with Crippen LogP contribution in [0.5, 0.6) is 0 Å². The van der Waals surface area contributed by atoms with Crippen LogP contribution >= 0.6 is 0 Å². The third kappa shape index (κ3) is 3.68. The van der Waals surface area contributed by atoms with E-state index in [1.54, 1.807) is 6.92 Å². The standard InChI is InChI=1S/C13H26N2O2/c1-5-14-13(4,12(16)17)8-11(3)15-7-6-10(2)9-15/h10-11,14H,5-9H2,1-4H3,(H,16,17). The molecule has 4 nitrogen and oxygen atoms in total. The quantitative estimate of drug-likeness (QED) is 0.742. The highest BCUT2D eigenvalue weighted by Crippen LogP contribution is 2.23. The molecule has 0 aromatic carbocycles. The van der Waals surface area contributed by atoms with Gasteiger partial charge in [-0.3, -0.25) is 4.79 Å². The van der Waals surface area contributed by atoms with E-state index in [2.05, 4.69) is 24.1 Å². The van der Waals surface area contributed by atoms with Gasteiger partial charge < -0.3 is 15.3 Å². The predicted octanol–water partition coefficient (Wildman–Crippen LogP) is 1.56. The highest BCUT2D eigenvalue weighted by molar-refractivity contribution is 5.78. The van der Waals surface area contributed by atoms with E-state index in [4.69, 9.17) is 0 Å². The van der Waals surface area contributed by atoms with Gasteiger partial charge in [-0.05, 0) is 45.7 Å². The summed E-state index contributed by atoms with van der Waals surface area (Å²) in [5.41, 5.74) is -0.806. The summed E-state index contributed by atoms with van der Waals surface area (Å²) in [6.45, 7) is 11.0. The van der Waals surface area contributed by atoms with E-state index in [-0.39, 0.29) is 0 Å². The van der Waals surface area contributed by atoms with E-state index in [0.717, 1.165) is 19.0 Å². The summed E-state index contributed by atoms with van der Waals surface area (Å²) >= 11 is 0. The van der Waals surface area contributed by atoms with Gasteiger partial charge in [0.25, 0.3) is 0 Å². The third-order valence-electron chi connectivity index (χ3n) is 3.82. The number of likely N-dealkylation sites (N-methyl/N-ethyl adjacent to an activating group) is 1. The number of carboxylic acid groups (broad SMARTS) is 1. The van der Waals surface area contributed by atoms with Crippen molar-refractivity contribution in [2.75, 3.05) is 19.6 Å². The lowest BCUT2D eigenvalue weighted by Gasteiger charge is -2.33. The maximum atomic E-state index is 11.3. The van der Waals surface area contributed by atoms with Gasteiger partial charge in [0.1, 0.15) is 5.54 Å². The largest absolute Gasteiger partial charge is 0.480 e. The fourth-order valence-electron chi connectivity index (χ4n) is 2.71. The maximum absolute atomic E-state index is 11.3. The third-order valence-corrected chi connectivity index (χ3v) is 3.82. The number of aliphatic carboxylic acids is 1. The second kappa shape index (κ2) is 5.83. The minimum absolute atomic E-state index is 0.320. The molecule has 1 aliphatic heterocycles. The van der Waals surface area contributed by atoms with E-state index in [9.17, 15) is 9.90 Å². The molecule has 0 saturated carbocycles. The summed E-state index contributed by atoms with van der Waals surface area (Å²) in [7, 11) is 0. The monoisotopic (exact) mass is 242 g/mol. The Hall–Kier alpha value is -0.610. The van der Waals surface area contributed by atoms with Gasteiger partial charge in [-0.2, -0.15) is 0 Å². The van der Waals surface area contributed by atoms with Crippen LogP contribution in [0.2, 0.25) is 0 Å². The van der Waals surface area contributed by atoms with Crippen molar-refractivity contribution in [3.05, 3.63) is 0 Å². The number of hydrogen-bond acceptors (Lipinski definition) is 3. The van der Waals surface area contributed by atoms with Gasteiger partial charge in [0.05, 0.1) is 0 Å². The molecule has 100 valence electrons. The highest BCUT2D eigenvalue weighted by Gasteiger charge is 2.36. The molecule has 0 bridgehead atoms. The van der Waals surface area contributed by atoms with Gasteiger partial charge in [0, 0.05) is 12.6 Å². The van der Waals surface area contributed by atoms with Crippen LogP contribution in [0.3, 0.4) is 0 Å². The summed E-state index contributed by atoms with van der Waals surface area (Å²) < 4.78 is 0. The minimum atomic E-state index is -0.806. The zero-order chi connectivity index (χ0) is 13.1. The smallest absolute Gasteiger partial charge is 0.323 e. The zero-order valence-corrected chi connectivity index (χ0v) is 11.5. The van der Waals surface area contributed by atoms with Gasteiger partial charge in [-0.25, -0.2) is 0 Å². The minimum Gasteiger partial charge on any atom is -0.480 e. The summed E-state index contributed by atoms with van der Waals surface area (Å²) in [6.07, 6.45) is 1.89. The summed E-state index contributed by atoms with van der Waals surface area (Å²) in [5, 5.41) is 12.4. The molecule has 4 heteroatoms. The number of hydrogen-bond donors (Lipinski definition) is 2. The first-order chi connectivity index (χ1) is 7.89. The molecule has 1 rings (SSSR count). The van der Waals surface area contributed by atoms with E-state index in [1.807, 2.05) is 6.92 Å². The Labute approximate surface area is 104 Å². The highest BCUT2D eigenvalue weighted by atomic mass is 16.4. The average molecular weight is 242 g/mol. The van der Waals surface area contributed by atoms with Crippen LogP contribution in [0.1, 0.15) is 40.5 Å². The van der Waals surface area contributed by atoms with Crippen LogP contribution in [-0.4, -0.2) is 47.2 Å². The van der Waals surface area contributed by atoms with E-state index in [1.165, 1.54) is 6.42 Å². The van der Waals surface area contributed by atoms with Crippen molar-refractivity contribution < 1.29 is 9.90 Å². The molecule has 1 heterocycles. The lowest BCUT2D eigenvalue weighted by atomic mass is 9.93. The van der Waals surface area contributed by atoms with Gasteiger partial charge in [0.15, 0.2) is 0 Å². The number of nitrogens with one attached hydrogen (secondary N) is 1. The van der Waals surface area contributed by atoms with Crippen LogP contribution < -0.4 is 5.32 Å². The summed E-state index contributed by atoms with van der Waals surface area (Å²) in [5.74, 6) is -0.00823. The molecule has 3 atom stereocenters. The molecule has 3 unspecified atom stereocenters. The van der Waals surface area contributed by atoms with Crippen molar-refractivity contribution in [3.63, 3.8) is 0 Å². The first-order valence-corrected chi connectivity index (χ1v) is 6.61. The Bertz CT molecular complexity index is 270. The van der Waals surface area contributed by atoms with E-state index < -0.39 is 11.5 Å². The zero-order valence-electron chi connectivity index (χ0n) is 11.5. The Morgan fingerprint density at radius 2 is 2.29 bits per heavy atom. The van der Waals surface area contributed by atoms with Crippen LogP contribution in [-0.2, 0) is 4.79 Å². The molecule has 17 heavy (non-hydrogen) atoms. The number of carbonyl (C=O) groups is 1. The van der Waals surface area contributed by atoms with Crippen molar-refractivity contribution in [1.29, 1.82) is 0 Å². The Morgan fingerprint density at radius 3 is 2.71 bits per heavy atom. The van der Waals surface area contributed by atoms with Gasteiger partial charge >= 0.3 is 5.97 Å². The lowest BCUT2D eigenvalue weighted by molar-refractivity contribution is -0.145. The van der Waals surface area contributed by atoms with Crippen molar-refractivity contribution in [2.24, 2.45) is 5.92 Å². The van der Waals surface area contributed by atoms with Crippen molar-refractivity contribution in [3.8, 4) is 0 Å². The predicted molar refractivity (Wildman–Crippen MR) is 69.2 cm³/mol. The van der Waals surface area contributed by atoms with Gasteiger partial charge in [-0.1, -0.05) is 13.8 Å². The van der Waals surface area contributed by atoms with Crippen LogP contribution in [0.25, 0.3) is 0 Å². The fourth-order valence-corrected chi connectivity index (χ4v) is 2.71. The molecule has 0 aliphatic carbocycles. The van der Waals surface area contributed by atoms with Gasteiger partial charge in [0.2, 0.25) is 0 Å². The Kier molecular flexibility index (Phi) is 4.95. The first kappa shape index (κ1) is 14.5. The molecular weight excluding hydrogens is 216 g/mol. The number of nitrogens with zero attached hydrogens (tertiary/aromatic N) is 1. The van der Waals surface area contributed by atoms with E-state index >= 15 is 0 Å². The normalized spacial score (nSPS) is 26.7. The number of rotatable bonds is 6. The van der Waals surface area contributed by atoms with Gasteiger partial charge in [-0.15, -0.1) is 0 Å². The molecule has 1 saturated heterocycles. The molecular formula is C13H26N2O2. The molecule has 1 fully saturated rings. The molecule has 1 aliphatic rings. The van der Waals surface area contributed by atoms with Crippen molar-refractivity contribution in [1.82, 2.24) is 10.2 Å². The molecule has 0 amide bonds. The molecule has 0 radical (unpaired) electrons. The number of likely N-dealkylation sites (tertiary alicyclic amines) is 1. The maximum Gasteiger partial charge on any atom is 0.323 e. The van der Waals surface area contributed by atoms with Crippen molar-refractivity contribution >= 4 is 5.97 Å². The average Bonchev–Trinajstić information content (AvgIpc) is 2.65. The fraction of sp³-hybridized carbons (Fsp3) is 0.923. The Morgan fingerprint density at radius 1 is 1.65 bits per heavy atom. The lowest BCUT2D eigenvalue weighted by Crippen LogP contribution is -2.53. The number of carboxylic acids is 1. The van der Waals surface area contributed by atoms with E-state index in [0.29, 0.717) is 19.0 Å². The summed E-state index contributed by atoms with van der Waals surface area (Å²) in [6, 6.07) is 0.320.